The minimum absolute atomic E-state index is 0.636. The number of benzene rings is 1. The highest BCUT2D eigenvalue weighted by molar-refractivity contribution is 8.00. The van der Waals surface area contributed by atoms with Crippen molar-refractivity contribution in [1.29, 1.82) is 0 Å². The van der Waals surface area contributed by atoms with Gasteiger partial charge in [0.1, 0.15) is 5.75 Å². The highest BCUT2D eigenvalue weighted by Crippen LogP contribution is 2.51. The predicted octanol–water partition coefficient (Wildman–Crippen LogP) is 3.72. The van der Waals surface area contributed by atoms with Crippen LogP contribution in [0.15, 0.2) is 24.3 Å². The molecular weight excluding hydrogens is 256 g/mol. The Hall–Kier alpha value is -0.670. The van der Waals surface area contributed by atoms with Gasteiger partial charge >= 0.3 is 0 Å². The number of ether oxygens (including phenoxy) is 1. The summed E-state index contributed by atoms with van der Waals surface area (Å²) in [5, 5.41) is 12.3. The van der Waals surface area contributed by atoms with E-state index in [0.717, 1.165) is 37.2 Å². The van der Waals surface area contributed by atoms with Crippen molar-refractivity contribution in [3.8, 4) is 5.75 Å². The summed E-state index contributed by atoms with van der Waals surface area (Å²) in [7, 11) is 0. The van der Waals surface area contributed by atoms with Crippen molar-refractivity contribution < 1.29 is 9.84 Å². The average Bonchev–Trinajstić information content (AvgIpc) is 2.76. The van der Waals surface area contributed by atoms with E-state index in [9.17, 15) is 5.11 Å². The maximum Gasteiger partial charge on any atom is 0.119 e. The molecule has 2 fully saturated rings. The smallest absolute Gasteiger partial charge is 0.119 e. The molecule has 2 atom stereocenters. The Morgan fingerprint density at radius 2 is 2.05 bits per heavy atom. The summed E-state index contributed by atoms with van der Waals surface area (Å²) in [6, 6.07) is 8.07. The van der Waals surface area contributed by atoms with E-state index in [1.807, 2.05) is 24.3 Å². The Kier molecular flexibility index (Phi) is 3.77. The molecule has 2 bridgehead atoms. The number of thioether (sulfide) groups is 1. The molecule has 0 amide bonds. The molecule has 1 N–H and O–H groups in total. The van der Waals surface area contributed by atoms with Gasteiger partial charge in [0.05, 0.1) is 12.2 Å². The van der Waals surface area contributed by atoms with Crippen LogP contribution in [0, 0.1) is 0 Å². The molecule has 3 heteroatoms. The third-order valence-corrected chi connectivity index (χ3v) is 5.75. The number of fused-ring (bicyclic) bond motifs is 2. The Balaban J connectivity index is 1.80. The van der Waals surface area contributed by atoms with E-state index in [0.29, 0.717) is 10.5 Å². The maximum atomic E-state index is 11.0. The Morgan fingerprint density at radius 3 is 2.74 bits per heavy atom. The van der Waals surface area contributed by atoms with E-state index in [-0.39, 0.29) is 0 Å². The molecule has 2 saturated heterocycles. The molecule has 0 radical (unpaired) electrons. The van der Waals surface area contributed by atoms with E-state index in [2.05, 4.69) is 18.7 Å². The maximum absolute atomic E-state index is 11.0. The second-order valence-corrected chi connectivity index (χ2v) is 7.38. The molecule has 1 aromatic rings. The van der Waals surface area contributed by atoms with Gasteiger partial charge in [0.25, 0.3) is 0 Å². The summed E-state index contributed by atoms with van der Waals surface area (Å²) in [6.07, 6.45) is 5.33. The van der Waals surface area contributed by atoms with Gasteiger partial charge in [-0.05, 0) is 49.8 Å². The minimum Gasteiger partial charge on any atom is -0.494 e. The lowest BCUT2D eigenvalue weighted by Crippen LogP contribution is -2.34. The van der Waals surface area contributed by atoms with Gasteiger partial charge in [-0.15, -0.1) is 0 Å². The first-order valence-corrected chi connectivity index (χ1v) is 8.25. The van der Waals surface area contributed by atoms with Gasteiger partial charge in [0.15, 0.2) is 0 Å². The molecule has 2 aliphatic rings. The van der Waals surface area contributed by atoms with E-state index in [1.165, 1.54) is 12.8 Å². The van der Waals surface area contributed by atoms with Gasteiger partial charge in [-0.3, -0.25) is 0 Å². The molecule has 0 aliphatic carbocycles. The molecular formula is C16H22O2S. The van der Waals surface area contributed by atoms with Gasteiger partial charge in [0, 0.05) is 10.5 Å². The van der Waals surface area contributed by atoms with Gasteiger partial charge in [0.2, 0.25) is 0 Å². The van der Waals surface area contributed by atoms with Gasteiger partial charge in [-0.1, -0.05) is 19.1 Å². The fourth-order valence-electron chi connectivity index (χ4n) is 3.25. The largest absolute Gasteiger partial charge is 0.494 e. The monoisotopic (exact) mass is 278 g/mol. The Morgan fingerprint density at radius 1 is 1.32 bits per heavy atom. The molecule has 0 aromatic heterocycles. The third-order valence-electron chi connectivity index (χ3n) is 4.17. The van der Waals surface area contributed by atoms with Crippen LogP contribution in [0.5, 0.6) is 5.75 Å². The van der Waals surface area contributed by atoms with E-state index in [4.69, 9.17) is 4.74 Å². The minimum atomic E-state index is -0.636. The number of hydrogen-bond acceptors (Lipinski definition) is 3. The summed E-state index contributed by atoms with van der Waals surface area (Å²) in [6.45, 7) is 2.84. The van der Waals surface area contributed by atoms with Crippen molar-refractivity contribution >= 4 is 11.8 Å². The van der Waals surface area contributed by atoms with Crippen molar-refractivity contribution in [3.63, 3.8) is 0 Å². The van der Waals surface area contributed by atoms with Crippen LogP contribution in [0.3, 0.4) is 0 Å². The van der Waals surface area contributed by atoms with Crippen LogP contribution in [0.4, 0.5) is 0 Å². The van der Waals surface area contributed by atoms with Gasteiger partial charge < -0.3 is 9.84 Å². The highest BCUT2D eigenvalue weighted by Gasteiger charge is 2.44. The lowest BCUT2D eigenvalue weighted by Gasteiger charge is -2.36. The molecule has 3 rings (SSSR count). The first kappa shape index (κ1) is 13.3. The van der Waals surface area contributed by atoms with Crippen LogP contribution in [-0.4, -0.2) is 22.2 Å². The normalized spacial score (nSPS) is 33.4. The van der Waals surface area contributed by atoms with Crippen molar-refractivity contribution in [2.24, 2.45) is 0 Å². The van der Waals surface area contributed by atoms with Crippen molar-refractivity contribution in [1.82, 2.24) is 0 Å². The number of hydrogen-bond donors (Lipinski definition) is 1. The summed E-state index contributed by atoms with van der Waals surface area (Å²) in [5.41, 5.74) is 0.404. The first-order valence-electron chi connectivity index (χ1n) is 7.31. The summed E-state index contributed by atoms with van der Waals surface area (Å²) in [4.78, 5) is 0. The van der Waals surface area contributed by atoms with Crippen molar-refractivity contribution in [2.45, 2.75) is 55.1 Å². The fraction of sp³-hybridized carbons (Fsp3) is 0.625. The SMILES string of the molecule is CCCOc1cccc(C2(O)CC3CCC(C2)S3)c1. The molecule has 0 spiro atoms. The fourth-order valence-corrected chi connectivity index (χ4v) is 5.08. The Labute approximate surface area is 119 Å². The summed E-state index contributed by atoms with van der Waals surface area (Å²) >= 11 is 2.08. The van der Waals surface area contributed by atoms with Gasteiger partial charge in [-0.2, -0.15) is 11.8 Å². The topological polar surface area (TPSA) is 29.5 Å². The number of aliphatic hydroxyl groups is 1. The Bertz CT molecular complexity index is 434. The first-order chi connectivity index (χ1) is 9.19. The van der Waals surface area contributed by atoms with Gasteiger partial charge in [-0.25, -0.2) is 0 Å². The average molecular weight is 278 g/mol. The van der Waals surface area contributed by atoms with Crippen LogP contribution in [0.2, 0.25) is 0 Å². The van der Waals surface area contributed by atoms with Crippen molar-refractivity contribution in [3.05, 3.63) is 29.8 Å². The zero-order chi connectivity index (χ0) is 13.3. The predicted molar refractivity (Wildman–Crippen MR) is 79.8 cm³/mol. The molecule has 2 nitrogen and oxygen atoms in total. The van der Waals surface area contributed by atoms with E-state index in [1.54, 1.807) is 0 Å². The highest BCUT2D eigenvalue weighted by atomic mass is 32.2. The van der Waals surface area contributed by atoms with Crippen molar-refractivity contribution in [2.75, 3.05) is 6.61 Å². The van der Waals surface area contributed by atoms with Crippen LogP contribution in [0.1, 0.15) is 44.6 Å². The molecule has 0 saturated carbocycles. The van der Waals surface area contributed by atoms with Crippen LogP contribution >= 0.6 is 11.8 Å². The summed E-state index contributed by atoms with van der Waals surface area (Å²) < 4.78 is 5.68. The summed E-state index contributed by atoms with van der Waals surface area (Å²) in [5.74, 6) is 0.887. The second kappa shape index (κ2) is 5.37. The standard InChI is InChI=1S/C16H22O2S/c1-2-8-18-13-5-3-4-12(9-13)16(17)10-14-6-7-15(11-16)19-14/h3-5,9,14-15,17H,2,6-8,10-11H2,1H3. The molecule has 104 valence electrons. The van der Waals surface area contributed by atoms with Crippen LogP contribution in [0.25, 0.3) is 0 Å². The van der Waals surface area contributed by atoms with E-state index >= 15 is 0 Å². The molecule has 1 aromatic carbocycles. The third kappa shape index (κ3) is 2.77. The lowest BCUT2D eigenvalue weighted by molar-refractivity contribution is 0.0194. The molecule has 2 aliphatic heterocycles. The molecule has 2 heterocycles. The van der Waals surface area contributed by atoms with E-state index < -0.39 is 5.60 Å². The molecule has 19 heavy (non-hydrogen) atoms. The zero-order valence-corrected chi connectivity index (χ0v) is 12.3. The number of rotatable bonds is 4. The quantitative estimate of drug-likeness (QED) is 0.910. The zero-order valence-electron chi connectivity index (χ0n) is 11.5. The van der Waals surface area contributed by atoms with Crippen LogP contribution < -0.4 is 4.74 Å². The van der Waals surface area contributed by atoms with Crippen LogP contribution in [-0.2, 0) is 5.60 Å². The lowest BCUT2D eigenvalue weighted by atomic mass is 9.86. The molecule has 2 unspecified atom stereocenters. The second-order valence-electron chi connectivity index (χ2n) is 5.77.